The minimum Gasteiger partial charge on any atom is -0.332 e. The minimum absolute atomic E-state index is 0.0150. The zero-order valence-electron chi connectivity index (χ0n) is 14.2. The molecule has 0 bridgehead atoms. The van der Waals surface area contributed by atoms with Gasteiger partial charge in [-0.1, -0.05) is 43.6 Å². The van der Waals surface area contributed by atoms with E-state index in [1.54, 1.807) is 6.33 Å². The van der Waals surface area contributed by atoms with Gasteiger partial charge in [-0.15, -0.1) is 10.2 Å². The highest BCUT2D eigenvalue weighted by atomic mass is 35.5. The molecule has 128 valence electrons. The fourth-order valence-corrected chi connectivity index (χ4v) is 3.50. The van der Waals surface area contributed by atoms with Crippen molar-refractivity contribution in [3.05, 3.63) is 47.0 Å². The predicted octanol–water partition coefficient (Wildman–Crippen LogP) is 3.49. The number of carbonyl (C=O) groups excluding carboxylic acids is 1. The van der Waals surface area contributed by atoms with Crippen molar-refractivity contribution >= 4 is 17.5 Å². The first-order valence-electron chi connectivity index (χ1n) is 8.47. The summed E-state index contributed by atoms with van der Waals surface area (Å²) >= 11 is 6.20. The maximum atomic E-state index is 12.8. The second-order valence-corrected chi connectivity index (χ2v) is 7.16. The maximum Gasteiger partial charge on any atom is 0.227 e. The number of halogens is 1. The van der Waals surface area contributed by atoms with Gasteiger partial charge in [-0.3, -0.25) is 4.79 Å². The number of aromatic nitrogens is 3. The van der Waals surface area contributed by atoms with Crippen molar-refractivity contribution in [3.8, 4) is 0 Å². The Bertz CT molecular complexity index is 713. The number of nitrogens with zero attached hydrogens (tertiary/aromatic N) is 4. The van der Waals surface area contributed by atoms with Gasteiger partial charge in [0.15, 0.2) is 5.82 Å². The quantitative estimate of drug-likeness (QED) is 0.832. The third kappa shape index (κ3) is 3.61. The molecule has 0 N–H and O–H groups in total. The van der Waals surface area contributed by atoms with Crippen LogP contribution in [0.5, 0.6) is 0 Å². The Kier molecular flexibility index (Phi) is 5.19. The van der Waals surface area contributed by atoms with Crippen molar-refractivity contribution in [2.45, 2.75) is 45.7 Å². The van der Waals surface area contributed by atoms with E-state index in [1.807, 2.05) is 29.2 Å². The first-order valence-corrected chi connectivity index (χ1v) is 8.84. The van der Waals surface area contributed by atoms with Gasteiger partial charge in [-0.2, -0.15) is 0 Å². The highest BCUT2D eigenvalue weighted by molar-refractivity contribution is 6.31. The summed E-state index contributed by atoms with van der Waals surface area (Å²) in [6.07, 6.45) is 4.03. The summed E-state index contributed by atoms with van der Waals surface area (Å²) in [5.74, 6) is 1.51. The van der Waals surface area contributed by atoms with Crippen molar-refractivity contribution < 1.29 is 4.79 Å². The zero-order valence-corrected chi connectivity index (χ0v) is 14.9. The smallest absolute Gasteiger partial charge is 0.227 e. The molecule has 0 aliphatic carbocycles. The molecule has 0 spiro atoms. The molecule has 1 aromatic heterocycles. The van der Waals surface area contributed by atoms with Crippen LogP contribution in [0, 0.1) is 5.92 Å². The van der Waals surface area contributed by atoms with Crippen LogP contribution in [-0.4, -0.2) is 32.1 Å². The Balaban J connectivity index is 1.77. The lowest BCUT2D eigenvalue weighted by molar-refractivity contribution is -0.131. The van der Waals surface area contributed by atoms with E-state index in [0.29, 0.717) is 17.4 Å². The van der Waals surface area contributed by atoms with E-state index >= 15 is 0 Å². The molecule has 2 aromatic rings. The van der Waals surface area contributed by atoms with Gasteiger partial charge >= 0.3 is 0 Å². The second-order valence-electron chi connectivity index (χ2n) is 6.75. The lowest BCUT2D eigenvalue weighted by Gasteiger charge is -2.25. The molecule has 1 aromatic carbocycles. The molecule has 6 heteroatoms. The van der Waals surface area contributed by atoms with E-state index in [1.165, 1.54) is 0 Å². The van der Waals surface area contributed by atoms with Crippen LogP contribution in [0.15, 0.2) is 30.6 Å². The average Bonchev–Trinajstić information content (AvgIpc) is 3.17. The van der Waals surface area contributed by atoms with E-state index in [0.717, 1.165) is 37.3 Å². The van der Waals surface area contributed by atoms with E-state index in [-0.39, 0.29) is 11.9 Å². The van der Waals surface area contributed by atoms with Crippen molar-refractivity contribution in [3.63, 3.8) is 0 Å². The molecule has 0 radical (unpaired) electrons. The number of likely N-dealkylation sites (tertiary alicyclic amines) is 1. The van der Waals surface area contributed by atoms with Crippen LogP contribution in [0.1, 0.15) is 44.1 Å². The van der Waals surface area contributed by atoms with Crippen molar-refractivity contribution in [2.24, 2.45) is 5.92 Å². The first-order chi connectivity index (χ1) is 11.6. The Morgan fingerprint density at radius 2 is 2.17 bits per heavy atom. The van der Waals surface area contributed by atoms with E-state index < -0.39 is 0 Å². The van der Waals surface area contributed by atoms with Gasteiger partial charge in [-0.25, -0.2) is 0 Å². The molecule has 0 saturated carbocycles. The van der Waals surface area contributed by atoms with E-state index in [4.69, 9.17) is 11.6 Å². The monoisotopic (exact) mass is 346 g/mol. The molecular formula is C18H23ClN4O. The Morgan fingerprint density at radius 1 is 1.38 bits per heavy atom. The molecule has 2 heterocycles. The number of benzene rings is 1. The maximum absolute atomic E-state index is 12.8. The van der Waals surface area contributed by atoms with Gasteiger partial charge in [0.2, 0.25) is 5.91 Å². The fraction of sp³-hybridized carbons (Fsp3) is 0.500. The lowest BCUT2D eigenvalue weighted by atomic mass is 10.1. The van der Waals surface area contributed by atoms with Gasteiger partial charge in [0, 0.05) is 18.1 Å². The molecule has 24 heavy (non-hydrogen) atoms. The number of carbonyl (C=O) groups is 1. The molecule has 1 fully saturated rings. The topological polar surface area (TPSA) is 51.0 Å². The molecular weight excluding hydrogens is 324 g/mol. The number of hydrogen-bond donors (Lipinski definition) is 0. The predicted molar refractivity (Wildman–Crippen MR) is 93.7 cm³/mol. The highest BCUT2D eigenvalue weighted by Crippen LogP contribution is 2.32. The van der Waals surface area contributed by atoms with Gasteiger partial charge in [0.1, 0.15) is 6.33 Å². The molecule has 1 amide bonds. The Hall–Kier alpha value is -1.88. The summed E-state index contributed by atoms with van der Waals surface area (Å²) in [5.41, 5.74) is 0.874. The molecule has 1 unspecified atom stereocenters. The molecule has 1 aliphatic rings. The van der Waals surface area contributed by atoms with Crippen LogP contribution in [0.3, 0.4) is 0 Å². The third-order valence-electron chi connectivity index (χ3n) is 4.38. The van der Waals surface area contributed by atoms with Gasteiger partial charge in [0.05, 0.1) is 12.5 Å². The van der Waals surface area contributed by atoms with Crippen LogP contribution in [0.4, 0.5) is 0 Å². The number of hydrogen-bond acceptors (Lipinski definition) is 3. The fourth-order valence-electron chi connectivity index (χ4n) is 3.30. The Labute approximate surface area is 147 Å². The largest absolute Gasteiger partial charge is 0.332 e. The van der Waals surface area contributed by atoms with Crippen molar-refractivity contribution in [1.82, 2.24) is 19.7 Å². The SMILES string of the molecule is CC(C)Cn1cnnc1C1CCCN1C(=O)Cc1ccccc1Cl. The number of amides is 1. The van der Waals surface area contributed by atoms with Crippen LogP contribution < -0.4 is 0 Å². The summed E-state index contributed by atoms with van der Waals surface area (Å²) in [5, 5.41) is 9.01. The van der Waals surface area contributed by atoms with Gasteiger partial charge in [0.25, 0.3) is 0 Å². The number of rotatable bonds is 5. The second kappa shape index (κ2) is 7.34. The van der Waals surface area contributed by atoms with E-state index in [9.17, 15) is 4.79 Å². The molecule has 1 saturated heterocycles. The summed E-state index contributed by atoms with van der Waals surface area (Å²) in [4.78, 5) is 14.8. The van der Waals surface area contributed by atoms with Crippen LogP contribution in [-0.2, 0) is 17.8 Å². The molecule has 1 aliphatic heterocycles. The summed E-state index contributed by atoms with van der Waals surface area (Å²) in [6, 6.07) is 7.54. The van der Waals surface area contributed by atoms with Crippen LogP contribution in [0.25, 0.3) is 0 Å². The van der Waals surface area contributed by atoms with Crippen molar-refractivity contribution in [1.29, 1.82) is 0 Å². The highest BCUT2D eigenvalue weighted by Gasteiger charge is 2.33. The summed E-state index contributed by atoms with van der Waals surface area (Å²) in [6.45, 7) is 5.96. The van der Waals surface area contributed by atoms with Gasteiger partial charge < -0.3 is 9.47 Å². The molecule has 5 nitrogen and oxygen atoms in total. The lowest BCUT2D eigenvalue weighted by Crippen LogP contribution is -2.33. The third-order valence-corrected chi connectivity index (χ3v) is 4.75. The van der Waals surface area contributed by atoms with Crippen LogP contribution in [0.2, 0.25) is 5.02 Å². The molecule has 1 atom stereocenters. The summed E-state index contributed by atoms with van der Waals surface area (Å²) in [7, 11) is 0. The standard InChI is InChI=1S/C18H23ClN4O/c1-13(2)11-22-12-20-21-18(22)16-8-5-9-23(16)17(24)10-14-6-3-4-7-15(14)19/h3-4,6-7,12-13,16H,5,8-11H2,1-2H3. The minimum atomic E-state index is 0.0150. The normalized spacial score (nSPS) is 17.7. The molecule has 3 rings (SSSR count). The van der Waals surface area contributed by atoms with Gasteiger partial charge in [-0.05, 0) is 30.4 Å². The van der Waals surface area contributed by atoms with Crippen LogP contribution >= 0.6 is 11.6 Å². The average molecular weight is 347 g/mol. The summed E-state index contributed by atoms with van der Waals surface area (Å²) < 4.78 is 2.08. The van der Waals surface area contributed by atoms with E-state index in [2.05, 4.69) is 28.6 Å². The van der Waals surface area contributed by atoms with Crippen molar-refractivity contribution in [2.75, 3.05) is 6.54 Å². The first kappa shape index (κ1) is 17.0. The Morgan fingerprint density at radius 3 is 2.92 bits per heavy atom. The zero-order chi connectivity index (χ0) is 17.1.